The molecule has 1 fully saturated rings. The summed E-state index contributed by atoms with van der Waals surface area (Å²) >= 11 is 1.41. The first-order chi connectivity index (χ1) is 14.1. The normalized spacial score (nSPS) is 17.1. The third kappa shape index (κ3) is 4.44. The minimum Gasteiger partial charge on any atom is -0.444 e. The Morgan fingerprint density at radius 2 is 1.86 bits per heavy atom. The summed E-state index contributed by atoms with van der Waals surface area (Å²) in [4.78, 5) is 40.1. The van der Waals surface area contributed by atoms with E-state index in [-0.39, 0.29) is 17.4 Å². The highest BCUT2D eigenvalue weighted by atomic mass is 32.2. The molecular weight excluding hydrogens is 392 g/mol. The number of fused-ring (bicyclic) bond motifs is 1. The Morgan fingerprint density at radius 1 is 1.10 bits per heavy atom. The Hall–Kier alpha value is -2.84. The number of ether oxygens (including phenoxy) is 2. The average Bonchev–Trinajstić information content (AvgIpc) is 2.77. The Bertz CT molecular complexity index is 928. The lowest BCUT2D eigenvalue weighted by molar-refractivity contribution is -0.145. The van der Waals surface area contributed by atoms with Crippen LogP contribution in [0, 0.1) is 0 Å². The zero-order chi connectivity index (χ0) is 20.2. The van der Waals surface area contributed by atoms with Crippen molar-refractivity contribution >= 4 is 35.2 Å². The van der Waals surface area contributed by atoms with E-state index >= 15 is 0 Å². The van der Waals surface area contributed by atoms with Crippen molar-refractivity contribution < 1.29 is 23.9 Å². The van der Waals surface area contributed by atoms with Gasteiger partial charge < -0.3 is 19.7 Å². The van der Waals surface area contributed by atoms with E-state index in [1.807, 2.05) is 6.07 Å². The van der Waals surface area contributed by atoms with Crippen LogP contribution in [0.25, 0.3) is 0 Å². The van der Waals surface area contributed by atoms with Crippen molar-refractivity contribution in [2.24, 2.45) is 0 Å². The van der Waals surface area contributed by atoms with E-state index in [9.17, 15) is 14.4 Å². The van der Waals surface area contributed by atoms with Crippen molar-refractivity contribution in [3.05, 3.63) is 59.7 Å². The standard InChI is InChI=1S/C21H20N2O5S/c24-18-13-29-17-7-6-15(12-16(17)22-18)21(26)28-19(14-4-2-1-3-5-14)20(25)23-8-10-27-11-9-23/h1-7,12,19H,8-11,13H2,(H,22,24). The van der Waals surface area contributed by atoms with E-state index in [0.29, 0.717) is 43.3 Å². The topological polar surface area (TPSA) is 84.9 Å². The Morgan fingerprint density at radius 3 is 2.62 bits per heavy atom. The molecule has 2 amide bonds. The summed E-state index contributed by atoms with van der Waals surface area (Å²) in [6, 6.07) is 14.0. The highest BCUT2D eigenvalue weighted by molar-refractivity contribution is 8.00. The van der Waals surface area contributed by atoms with Gasteiger partial charge in [0, 0.05) is 23.5 Å². The molecule has 2 heterocycles. The number of hydrogen-bond acceptors (Lipinski definition) is 6. The molecule has 1 N–H and O–H groups in total. The average molecular weight is 412 g/mol. The van der Waals surface area contributed by atoms with Gasteiger partial charge in [-0.15, -0.1) is 11.8 Å². The molecular formula is C21H20N2O5S. The van der Waals surface area contributed by atoms with Crippen LogP contribution in [-0.4, -0.2) is 54.7 Å². The van der Waals surface area contributed by atoms with Crippen LogP contribution >= 0.6 is 11.8 Å². The lowest BCUT2D eigenvalue weighted by atomic mass is 10.1. The lowest BCUT2D eigenvalue weighted by Crippen LogP contribution is -2.44. The number of anilines is 1. The van der Waals surface area contributed by atoms with E-state index in [2.05, 4.69) is 5.32 Å². The quantitative estimate of drug-likeness (QED) is 0.777. The summed E-state index contributed by atoms with van der Waals surface area (Å²) in [5.74, 6) is -0.651. The fourth-order valence-corrected chi connectivity index (χ4v) is 4.01. The molecule has 1 atom stereocenters. The van der Waals surface area contributed by atoms with E-state index in [1.54, 1.807) is 47.4 Å². The van der Waals surface area contributed by atoms with Gasteiger partial charge in [-0.2, -0.15) is 0 Å². The fourth-order valence-electron chi connectivity index (χ4n) is 3.22. The van der Waals surface area contributed by atoms with Crippen LogP contribution in [-0.2, 0) is 19.1 Å². The molecule has 0 aliphatic carbocycles. The van der Waals surface area contributed by atoms with Gasteiger partial charge in [0.25, 0.3) is 5.91 Å². The summed E-state index contributed by atoms with van der Waals surface area (Å²) < 4.78 is 11.0. The number of morpholine rings is 1. The minimum atomic E-state index is -1.04. The Balaban J connectivity index is 1.57. The Kier molecular flexibility index (Phi) is 5.82. The third-order valence-electron chi connectivity index (χ3n) is 4.72. The van der Waals surface area contributed by atoms with Gasteiger partial charge in [-0.05, 0) is 18.2 Å². The molecule has 4 rings (SSSR count). The van der Waals surface area contributed by atoms with Gasteiger partial charge in [0.15, 0.2) is 0 Å². The van der Waals surface area contributed by atoms with E-state index in [4.69, 9.17) is 9.47 Å². The number of rotatable bonds is 4. The number of carbonyl (C=O) groups is 3. The van der Waals surface area contributed by atoms with Crippen LogP contribution < -0.4 is 5.32 Å². The second-order valence-electron chi connectivity index (χ2n) is 6.68. The van der Waals surface area contributed by atoms with Crippen LogP contribution in [0.2, 0.25) is 0 Å². The first-order valence-electron chi connectivity index (χ1n) is 9.31. The van der Waals surface area contributed by atoms with Crippen LogP contribution in [0.3, 0.4) is 0 Å². The molecule has 0 radical (unpaired) electrons. The number of nitrogens with one attached hydrogen (secondary N) is 1. The Labute approximate surface area is 172 Å². The molecule has 29 heavy (non-hydrogen) atoms. The molecule has 2 aromatic rings. The number of nitrogens with zero attached hydrogens (tertiary/aromatic N) is 1. The van der Waals surface area contributed by atoms with Gasteiger partial charge in [0.2, 0.25) is 12.0 Å². The van der Waals surface area contributed by atoms with Gasteiger partial charge in [0.05, 0.1) is 30.2 Å². The molecule has 0 saturated carbocycles. The maximum atomic E-state index is 13.1. The smallest absolute Gasteiger partial charge is 0.339 e. The van der Waals surface area contributed by atoms with E-state index < -0.39 is 12.1 Å². The van der Waals surface area contributed by atoms with Crippen molar-refractivity contribution in [2.45, 2.75) is 11.0 Å². The predicted molar refractivity (Wildman–Crippen MR) is 108 cm³/mol. The first kappa shape index (κ1) is 19.5. The molecule has 2 aliphatic rings. The number of amides is 2. The number of benzene rings is 2. The molecule has 150 valence electrons. The second-order valence-corrected chi connectivity index (χ2v) is 7.70. The van der Waals surface area contributed by atoms with Crippen molar-refractivity contribution in [3.63, 3.8) is 0 Å². The van der Waals surface area contributed by atoms with Crippen molar-refractivity contribution in [2.75, 3.05) is 37.4 Å². The molecule has 8 heteroatoms. The van der Waals surface area contributed by atoms with Gasteiger partial charge in [0.1, 0.15) is 0 Å². The summed E-state index contributed by atoms with van der Waals surface area (Å²) in [5.41, 5.74) is 1.47. The fraction of sp³-hybridized carbons (Fsp3) is 0.286. The zero-order valence-electron chi connectivity index (χ0n) is 15.6. The summed E-state index contributed by atoms with van der Waals surface area (Å²) in [6.07, 6.45) is -1.04. The maximum absolute atomic E-state index is 13.1. The van der Waals surface area contributed by atoms with Gasteiger partial charge in [-0.3, -0.25) is 9.59 Å². The van der Waals surface area contributed by atoms with Crippen LogP contribution in [0.4, 0.5) is 5.69 Å². The summed E-state index contributed by atoms with van der Waals surface area (Å²) in [5, 5.41) is 2.76. The highest BCUT2D eigenvalue weighted by Crippen LogP contribution is 2.32. The van der Waals surface area contributed by atoms with Crippen molar-refractivity contribution in [3.8, 4) is 0 Å². The number of thioether (sulfide) groups is 1. The number of hydrogen-bond donors (Lipinski definition) is 1. The van der Waals surface area contributed by atoms with Crippen LogP contribution in [0.1, 0.15) is 22.0 Å². The largest absolute Gasteiger partial charge is 0.444 e. The summed E-state index contributed by atoms with van der Waals surface area (Å²) in [6.45, 7) is 1.84. The van der Waals surface area contributed by atoms with E-state index in [0.717, 1.165) is 4.90 Å². The van der Waals surface area contributed by atoms with Crippen LogP contribution in [0.5, 0.6) is 0 Å². The third-order valence-corrected chi connectivity index (χ3v) is 5.80. The maximum Gasteiger partial charge on any atom is 0.339 e. The highest BCUT2D eigenvalue weighted by Gasteiger charge is 2.31. The molecule has 0 aromatic heterocycles. The van der Waals surface area contributed by atoms with Crippen molar-refractivity contribution in [1.82, 2.24) is 4.90 Å². The number of esters is 1. The van der Waals surface area contributed by atoms with Crippen LogP contribution in [0.15, 0.2) is 53.4 Å². The lowest BCUT2D eigenvalue weighted by Gasteiger charge is -2.30. The molecule has 2 aliphatic heterocycles. The number of carbonyl (C=O) groups excluding carboxylic acids is 3. The summed E-state index contributed by atoms with van der Waals surface area (Å²) in [7, 11) is 0. The molecule has 1 unspecified atom stereocenters. The first-order valence-corrected chi connectivity index (χ1v) is 10.3. The zero-order valence-corrected chi connectivity index (χ0v) is 16.4. The molecule has 7 nitrogen and oxygen atoms in total. The molecule has 1 saturated heterocycles. The minimum absolute atomic E-state index is 0.113. The monoisotopic (exact) mass is 412 g/mol. The van der Waals surface area contributed by atoms with E-state index in [1.165, 1.54) is 11.8 Å². The van der Waals surface area contributed by atoms with Crippen molar-refractivity contribution in [1.29, 1.82) is 0 Å². The predicted octanol–water partition coefficient (Wildman–Crippen LogP) is 2.49. The van der Waals surface area contributed by atoms with Gasteiger partial charge >= 0.3 is 5.97 Å². The molecule has 0 spiro atoms. The molecule has 2 aromatic carbocycles. The van der Waals surface area contributed by atoms with Gasteiger partial charge in [-0.25, -0.2) is 4.79 Å². The second kappa shape index (κ2) is 8.67. The van der Waals surface area contributed by atoms with Gasteiger partial charge in [-0.1, -0.05) is 30.3 Å². The molecule has 0 bridgehead atoms. The SMILES string of the molecule is O=C1CSc2ccc(C(=O)OC(C(=O)N3CCOCC3)c3ccccc3)cc2N1.